The van der Waals surface area contributed by atoms with Crippen molar-refractivity contribution in [3.05, 3.63) is 60.3 Å². The Morgan fingerprint density at radius 2 is 1.79 bits per heavy atom. The highest BCUT2D eigenvalue weighted by atomic mass is 15.4. The Bertz CT molecular complexity index is 738. The Labute approximate surface area is 175 Å². The molecule has 1 aromatic heterocycles. The van der Waals surface area contributed by atoms with Gasteiger partial charge >= 0.3 is 0 Å². The summed E-state index contributed by atoms with van der Waals surface area (Å²) in [6, 6.07) is 17.2. The van der Waals surface area contributed by atoms with Gasteiger partial charge in [0.1, 0.15) is 5.82 Å². The van der Waals surface area contributed by atoms with Crippen LogP contribution in [-0.2, 0) is 6.42 Å². The van der Waals surface area contributed by atoms with Crippen LogP contribution < -0.4 is 10.2 Å². The van der Waals surface area contributed by atoms with Gasteiger partial charge in [0.25, 0.3) is 0 Å². The molecule has 0 amide bonds. The number of aliphatic imine (C=N–C) groups is 1. The Hall–Kier alpha value is -2.60. The third-order valence-corrected chi connectivity index (χ3v) is 5.38. The van der Waals surface area contributed by atoms with Crippen LogP contribution in [0.3, 0.4) is 0 Å². The first-order valence-corrected chi connectivity index (χ1v) is 10.6. The molecule has 0 spiro atoms. The Morgan fingerprint density at radius 1 is 1.07 bits per heavy atom. The lowest BCUT2D eigenvalue weighted by molar-refractivity contribution is 0.295. The first-order valence-electron chi connectivity index (χ1n) is 10.6. The molecule has 2 heterocycles. The highest BCUT2D eigenvalue weighted by Gasteiger charge is 2.21. The zero-order chi connectivity index (χ0) is 20.5. The van der Waals surface area contributed by atoms with E-state index in [9.17, 15) is 0 Å². The van der Waals surface area contributed by atoms with Crippen LogP contribution in [-0.4, -0.2) is 80.1 Å². The lowest BCUT2D eigenvalue weighted by atomic mass is 10.1. The highest BCUT2D eigenvalue weighted by molar-refractivity contribution is 5.80. The number of guanidine groups is 1. The molecule has 0 saturated carbocycles. The van der Waals surface area contributed by atoms with Crippen molar-refractivity contribution in [2.45, 2.75) is 19.4 Å². The van der Waals surface area contributed by atoms with Crippen molar-refractivity contribution in [3.8, 4) is 0 Å². The van der Waals surface area contributed by atoms with Crippen molar-refractivity contribution in [2.75, 3.05) is 58.3 Å². The smallest absolute Gasteiger partial charge is 0.194 e. The number of rotatable bonds is 7. The van der Waals surface area contributed by atoms with Crippen LogP contribution in [0.25, 0.3) is 0 Å². The van der Waals surface area contributed by atoms with Gasteiger partial charge in [0, 0.05) is 45.0 Å². The monoisotopic (exact) mass is 394 g/mol. The summed E-state index contributed by atoms with van der Waals surface area (Å²) in [5.74, 6) is 2.08. The van der Waals surface area contributed by atoms with Crippen molar-refractivity contribution >= 4 is 11.8 Å². The van der Waals surface area contributed by atoms with E-state index in [4.69, 9.17) is 4.99 Å². The van der Waals surface area contributed by atoms with E-state index in [-0.39, 0.29) is 0 Å². The number of nitrogens with one attached hydrogen (secondary N) is 1. The van der Waals surface area contributed by atoms with Gasteiger partial charge in [-0.3, -0.25) is 4.99 Å². The van der Waals surface area contributed by atoms with E-state index < -0.39 is 0 Å². The lowest BCUT2D eigenvalue weighted by Gasteiger charge is -2.37. The molecule has 3 rings (SSSR count). The van der Waals surface area contributed by atoms with E-state index in [1.165, 1.54) is 5.56 Å². The van der Waals surface area contributed by atoms with Gasteiger partial charge in [0.15, 0.2) is 5.96 Å². The summed E-state index contributed by atoms with van der Waals surface area (Å²) in [6.07, 6.45) is 2.87. The van der Waals surface area contributed by atoms with E-state index >= 15 is 0 Å². The van der Waals surface area contributed by atoms with Crippen LogP contribution in [0, 0.1) is 0 Å². The summed E-state index contributed by atoms with van der Waals surface area (Å²) < 4.78 is 0. The summed E-state index contributed by atoms with van der Waals surface area (Å²) in [6.45, 7) is 7.62. The minimum atomic E-state index is 0.376. The topological polar surface area (TPSA) is 47.0 Å². The second-order valence-electron chi connectivity index (χ2n) is 7.66. The lowest BCUT2D eigenvalue weighted by Crippen LogP contribution is -2.53. The Morgan fingerprint density at radius 3 is 2.41 bits per heavy atom. The zero-order valence-corrected chi connectivity index (χ0v) is 18.0. The highest BCUT2D eigenvalue weighted by Crippen LogP contribution is 2.13. The van der Waals surface area contributed by atoms with Crippen molar-refractivity contribution in [1.82, 2.24) is 20.1 Å². The van der Waals surface area contributed by atoms with E-state index in [2.05, 4.69) is 82.4 Å². The molecule has 29 heavy (non-hydrogen) atoms. The fourth-order valence-corrected chi connectivity index (χ4v) is 3.60. The molecule has 1 N–H and O–H groups in total. The fraction of sp³-hybridized carbons (Fsp3) is 0.478. The zero-order valence-electron chi connectivity index (χ0n) is 18.0. The quantitative estimate of drug-likeness (QED) is 0.577. The number of nitrogens with zero attached hydrogens (tertiary/aromatic N) is 5. The van der Waals surface area contributed by atoms with E-state index in [1.807, 2.05) is 18.3 Å². The molecule has 1 aliphatic rings. The van der Waals surface area contributed by atoms with Crippen LogP contribution in [0.4, 0.5) is 5.82 Å². The molecule has 0 aliphatic carbocycles. The van der Waals surface area contributed by atoms with Gasteiger partial charge < -0.3 is 20.0 Å². The molecule has 0 radical (unpaired) electrons. The standard InChI is InChI=1S/C23H34N6/c1-4-24-23(26-19-21(27(2)3)18-20-10-6-5-7-11-20)29-16-14-28(15-17-29)22-12-8-9-13-25-22/h5-13,21H,4,14-19H2,1-3H3,(H,24,26). The molecule has 0 bridgehead atoms. The van der Waals surface area contributed by atoms with Crippen LogP contribution in [0.2, 0.25) is 0 Å². The number of likely N-dealkylation sites (N-methyl/N-ethyl adjacent to an activating group) is 1. The molecular formula is C23H34N6. The average molecular weight is 395 g/mol. The first-order chi connectivity index (χ1) is 14.2. The molecule has 1 fully saturated rings. The first kappa shape index (κ1) is 21.1. The molecule has 2 aromatic rings. The third-order valence-electron chi connectivity index (χ3n) is 5.38. The van der Waals surface area contributed by atoms with E-state index in [0.29, 0.717) is 6.04 Å². The maximum atomic E-state index is 5.01. The largest absolute Gasteiger partial charge is 0.357 e. The number of piperazine rings is 1. The van der Waals surface area contributed by atoms with Gasteiger partial charge in [-0.25, -0.2) is 4.98 Å². The van der Waals surface area contributed by atoms with Gasteiger partial charge in [-0.05, 0) is 45.1 Å². The second kappa shape index (κ2) is 10.8. The molecule has 1 atom stereocenters. The van der Waals surface area contributed by atoms with Crippen molar-refractivity contribution in [3.63, 3.8) is 0 Å². The minimum absolute atomic E-state index is 0.376. The molecule has 1 aromatic carbocycles. The number of anilines is 1. The van der Waals surface area contributed by atoms with Crippen molar-refractivity contribution in [1.29, 1.82) is 0 Å². The average Bonchev–Trinajstić information content (AvgIpc) is 2.77. The van der Waals surface area contributed by atoms with E-state index in [0.717, 1.165) is 57.5 Å². The SMILES string of the molecule is CCNC(=NCC(Cc1ccccc1)N(C)C)N1CCN(c2ccccn2)CC1. The normalized spacial score (nSPS) is 16.2. The summed E-state index contributed by atoms with van der Waals surface area (Å²) in [5.41, 5.74) is 1.36. The number of hydrogen-bond acceptors (Lipinski definition) is 4. The van der Waals surface area contributed by atoms with Gasteiger partial charge in [-0.2, -0.15) is 0 Å². The predicted molar refractivity (Wildman–Crippen MR) is 122 cm³/mol. The molecule has 1 saturated heterocycles. The number of benzene rings is 1. The maximum Gasteiger partial charge on any atom is 0.194 e. The van der Waals surface area contributed by atoms with Gasteiger partial charge in [-0.1, -0.05) is 36.4 Å². The summed E-state index contributed by atoms with van der Waals surface area (Å²) >= 11 is 0. The molecule has 1 aliphatic heterocycles. The molecule has 156 valence electrons. The van der Waals surface area contributed by atoms with Crippen molar-refractivity contribution < 1.29 is 0 Å². The van der Waals surface area contributed by atoms with Crippen LogP contribution in [0.5, 0.6) is 0 Å². The molecular weight excluding hydrogens is 360 g/mol. The third kappa shape index (κ3) is 6.19. The maximum absolute atomic E-state index is 5.01. The predicted octanol–water partition coefficient (Wildman–Crippen LogP) is 2.34. The van der Waals surface area contributed by atoms with Gasteiger partial charge in [0.2, 0.25) is 0 Å². The van der Waals surface area contributed by atoms with Gasteiger partial charge in [0.05, 0.1) is 6.54 Å². The molecule has 6 heteroatoms. The Balaban J connectivity index is 1.61. The molecule has 1 unspecified atom stereocenters. The number of aromatic nitrogens is 1. The minimum Gasteiger partial charge on any atom is -0.357 e. The van der Waals surface area contributed by atoms with Crippen LogP contribution >= 0.6 is 0 Å². The summed E-state index contributed by atoms with van der Waals surface area (Å²) in [7, 11) is 4.28. The second-order valence-corrected chi connectivity index (χ2v) is 7.66. The number of pyridine rings is 1. The summed E-state index contributed by atoms with van der Waals surface area (Å²) in [4.78, 5) is 16.5. The van der Waals surface area contributed by atoms with Crippen LogP contribution in [0.15, 0.2) is 59.7 Å². The Kier molecular flexibility index (Phi) is 7.87. The molecule has 6 nitrogen and oxygen atoms in total. The van der Waals surface area contributed by atoms with Crippen LogP contribution in [0.1, 0.15) is 12.5 Å². The fourth-order valence-electron chi connectivity index (χ4n) is 3.60. The van der Waals surface area contributed by atoms with Crippen molar-refractivity contribution in [2.24, 2.45) is 4.99 Å². The summed E-state index contributed by atoms with van der Waals surface area (Å²) in [5, 5.41) is 3.49. The van der Waals surface area contributed by atoms with E-state index in [1.54, 1.807) is 0 Å². The number of hydrogen-bond donors (Lipinski definition) is 1. The van der Waals surface area contributed by atoms with Gasteiger partial charge in [-0.15, -0.1) is 0 Å².